The van der Waals surface area contributed by atoms with Crippen molar-refractivity contribution in [3.63, 3.8) is 0 Å². The summed E-state index contributed by atoms with van der Waals surface area (Å²) in [6.45, 7) is 10.2. The highest BCUT2D eigenvalue weighted by Gasteiger charge is 2.29. The van der Waals surface area contributed by atoms with Crippen molar-refractivity contribution >= 4 is 25.5 Å². The van der Waals surface area contributed by atoms with Gasteiger partial charge in [0.2, 0.25) is 19.9 Å². The molecule has 4 rings (SSSR count). The summed E-state index contributed by atoms with van der Waals surface area (Å²) < 4.78 is 61.8. The van der Waals surface area contributed by atoms with E-state index in [1.165, 1.54) is 12.1 Å². The van der Waals surface area contributed by atoms with Gasteiger partial charge in [-0.25, -0.2) is 16.8 Å². The molecule has 3 atom stereocenters. The van der Waals surface area contributed by atoms with Crippen LogP contribution in [0, 0.1) is 0 Å². The normalized spacial score (nSPS) is 23.7. The van der Waals surface area contributed by atoms with Gasteiger partial charge in [-0.15, -0.1) is 0 Å². The molecule has 0 aromatic heterocycles. The zero-order chi connectivity index (χ0) is 26.1. The lowest BCUT2D eigenvalue weighted by Crippen LogP contribution is -2.54. The minimum absolute atomic E-state index is 0.0202. The van der Waals surface area contributed by atoms with Gasteiger partial charge in [0.1, 0.15) is 6.23 Å². The molecule has 2 aromatic rings. The van der Waals surface area contributed by atoms with E-state index in [1.54, 1.807) is 18.2 Å². The Morgan fingerprint density at radius 2 is 1.58 bits per heavy atom. The van der Waals surface area contributed by atoms with Gasteiger partial charge < -0.3 is 15.0 Å². The Labute approximate surface area is 215 Å². The summed E-state index contributed by atoms with van der Waals surface area (Å²) in [5.41, 5.74) is 1.53. The van der Waals surface area contributed by atoms with E-state index in [2.05, 4.69) is 28.8 Å². The number of benzene rings is 2. The van der Waals surface area contributed by atoms with Crippen LogP contribution in [-0.2, 0) is 24.6 Å². The lowest BCUT2D eigenvalue weighted by atomic mass is 10.0. The van der Waals surface area contributed by atoms with Crippen LogP contribution in [0.5, 0.6) is 0 Å². The SMILES string of the molecule is CC(C)c1ccc(S(=O)(=O)c2ccc(N3C[C@@H](C)N[C@@H](C)C3)cc2)cc1S(=O)(=O)NC1CCCCO1. The highest BCUT2D eigenvalue weighted by Crippen LogP contribution is 2.31. The number of sulfone groups is 1. The van der Waals surface area contributed by atoms with Gasteiger partial charge in [0.25, 0.3) is 0 Å². The average Bonchev–Trinajstić information content (AvgIpc) is 2.83. The maximum absolute atomic E-state index is 13.5. The van der Waals surface area contributed by atoms with Gasteiger partial charge >= 0.3 is 0 Å². The molecule has 8 nitrogen and oxygen atoms in total. The summed E-state index contributed by atoms with van der Waals surface area (Å²) in [4.78, 5) is 2.30. The van der Waals surface area contributed by atoms with Gasteiger partial charge in [0, 0.05) is 37.5 Å². The molecule has 2 aliphatic rings. The maximum atomic E-state index is 13.5. The molecule has 2 aromatic carbocycles. The van der Waals surface area contributed by atoms with Gasteiger partial charge in [-0.2, -0.15) is 4.72 Å². The summed E-state index contributed by atoms with van der Waals surface area (Å²) in [7, 11) is -7.90. The van der Waals surface area contributed by atoms with Crippen LogP contribution in [0.1, 0.15) is 58.4 Å². The maximum Gasteiger partial charge on any atom is 0.243 e. The standard InChI is InChI=1S/C26H37N3O5S2/c1-18(2)24-13-12-23(15-25(24)36(32,33)28-26-7-5-6-14-34-26)35(30,31)22-10-8-21(9-11-22)29-16-19(3)27-20(4)17-29/h8-13,15,18-20,26-28H,5-7,14,16-17H2,1-4H3/t19-,20+,26?. The molecule has 1 unspecified atom stereocenters. The lowest BCUT2D eigenvalue weighted by molar-refractivity contribution is 0.00953. The van der Waals surface area contributed by atoms with Crippen molar-refractivity contribution in [1.29, 1.82) is 0 Å². The molecular weight excluding hydrogens is 498 g/mol. The van der Waals surface area contributed by atoms with E-state index in [-0.39, 0.29) is 20.6 Å². The second-order valence-corrected chi connectivity index (χ2v) is 13.8. The number of ether oxygens (including phenoxy) is 1. The number of nitrogens with one attached hydrogen (secondary N) is 2. The van der Waals surface area contributed by atoms with E-state index in [1.807, 2.05) is 26.0 Å². The van der Waals surface area contributed by atoms with Gasteiger partial charge in [-0.1, -0.05) is 19.9 Å². The quantitative estimate of drug-likeness (QED) is 0.558. The second kappa shape index (κ2) is 10.8. The smallest absolute Gasteiger partial charge is 0.243 e. The number of hydrogen-bond acceptors (Lipinski definition) is 7. The Morgan fingerprint density at radius 1 is 0.944 bits per heavy atom. The van der Waals surface area contributed by atoms with Crippen molar-refractivity contribution in [2.75, 3.05) is 24.6 Å². The molecule has 0 radical (unpaired) electrons. The number of hydrogen-bond donors (Lipinski definition) is 2. The molecule has 0 amide bonds. The average molecular weight is 536 g/mol. The zero-order valence-electron chi connectivity index (χ0n) is 21.4. The summed E-state index contributed by atoms with van der Waals surface area (Å²) >= 11 is 0. The minimum Gasteiger partial charge on any atom is -0.368 e. The van der Waals surface area contributed by atoms with E-state index >= 15 is 0 Å². The minimum atomic E-state index is -3.98. The monoisotopic (exact) mass is 535 g/mol. The van der Waals surface area contributed by atoms with Crippen molar-refractivity contribution in [2.45, 2.75) is 85.9 Å². The molecule has 0 aliphatic carbocycles. The van der Waals surface area contributed by atoms with E-state index in [4.69, 9.17) is 4.74 Å². The molecule has 198 valence electrons. The third kappa shape index (κ3) is 5.94. The Kier molecular flexibility index (Phi) is 8.11. The molecule has 0 bridgehead atoms. The van der Waals surface area contributed by atoms with Crippen molar-refractivity contribution in [3.05, 3.63) is 48.0 Å². The molecule has 0 saturated carbocycles. The van der Waals surface area contributed by atoms with Crippen LogP contribution in [0.25, 0.3) is 0 Å². The topological polar surface area (TPSA) is 105 Å². The summed E-state index contributed by atoms with van der Waals surface area (Å²) in [6.07, 6.45) is 1.76. The number of sulfonamides is 1. The molecule has 2 N–H and O–H groups in total. The first-order chi connectivity index (χ1) is 17.0. The number of nitrogens with zero attached hydrogens (tertiary/aromatic N) is 1. The number of rotatable bonds is 7. The van der Waals surface area contributed by atoms with Gasteiger partial charge in [-0.05, 0) is 81.0 Å². The molecule has 2 saturated heterocycles. The Hall–Kier alpha value is -1.98. The van der Waals surface area contributed by atoms with E-state index in [0.717, 1.165) is 31.6 Å². The van der Waals surface area contributed by atoms with Crippen LogP contribution < -0.4 is 14.9 Å². The van der Waals surface area contributed by atoms with Gasteiger partial charge in [0.05, 0.1) is 14.7 Å². The molecular formula is C26H37N3O5S2. The summed E-state index contributed by atoms with van der Waals surface area (Å²) in [6, 6.07) is 11.9. The molecule has 2 heterocycles. The fourth-order valence-corrected chi connectivity index (χ4v) is 7.89. The largest absolute Gasteiger partial charge is 0.368 e. The first-order valence-corrected chi connectivity index (χ1v) is 15.6. The Morgan fingerprint density at radius 3 is 2.17 bits per heavy atom. The van der Waals surface area contributed by atoms with Crippen LogP contribution in [0.15, 0.2) is 57.2 Å². The van der Waals surface area contributed by atoms with Gasteiger partial charge in [-0.3, -0.25) is 0 Å². The molecule has 0 spiro atoms. The fourth-order valence-electron chi connectivity index (χ4n) is 4.97. The number of anilines is 1. The van der Waals surface area contributed by atoms with Crippen molar-refractivity contribution in [2.24, 2.45) is 0 Å². The number of piperazine rings is 1. The third-order valence-electron chi connectivity index (χ3n) is 6.74. The highest BCUT2D eigenvalue weighted by molar-refractivity contribution is 7.91. The van der Waals surface area contributed by atoms with Gasteiger partial charge in [0.15, 0.2) is 0 Å². The van der Waals surface area contributed by atoms with Crippen molar-refractivity contribution < 1.29 is 21.6 Å². The summed E-state index contributed by atoms with van der Waals surface area (Å²) in [5.74, 6) is -0.108. The van der Waals surface area contributed by atoms with Crippen LogP contribution in [-0.4, -0.2) is 54.8 Å². The molecule has 2 aliphatic heterocycles. The first-order valence-electron chi connectivity index (χ1n) is 12.6. The first kappa shape index (κ1) is 27.1. The lowest BCUT2D eigenvalue weighted by Gasteiger charge is -2.37. The Balaban J connectivity index is 1.64. The third-order valence-corrected chi connectivity index (χ3v) is 10.0. The summed E-state index contributed by atoms with van der Waals surface area (Å²) in [5, 5.41) is 3.49. The van der Waals surface area contributed by atoms with Crippen LogP contribution in [0.3, 0.4) is 0 Å². The fraction of sp³-hybridized carbons (Fsp3) is 0.538. The van der Waals surface area contributed by atoms with Crippen molar-refractivity contribution in [3.8, 4) is 0 Å². The molecule has 2 fully saturated rings. The van der Waals surface area contributed by atoms with E-state index in [0.29, 0.717) is 30.7 Å². The Bertz CT molecular complexity index is 1260. The highest BCUT2D eigenvalue weighted by atomic mass is 32.2. The van der Waals surface area contributed by atoms with E-state index < -0.39 is 26.1 Å². The predicted molar refractivity (Wildman–Crippen MR) is 141 cm³/mol. The van der Waals surface area contributed by atoms with E-state index in [9.17, 15) is 16.8 Å². The molecule has 36 heavy (non-hydrogen) atoms. The van der Waals surface area contributed by atoms with Crippen LogP contribution in [0.4, 0.5) is 5.69 Å². The zero-order valence-corrected chi connectivity index (χ0v) is 23.0. The van der Waals surface area contributed by atoms with Crippen LogP contribution in [0.2, 0.25) is 0 Å². The second-order valence-electron chi connectivity index (χ2n) is 10.2. The molecule has 10 heteroatoms. The predicted octanol–water partition coefficient (Wildman–Crippen LogP) is 3.63. The van der Waals surface area contributed by atoms with Crippen molar-refractivity contribution in [1.82, 2.24) is 10.0 Å². The van der Waals surface area contributed by atoms with Crippen LogP contribution >= 0.6 is 0 Å².